The van der Waals surface area contributed by atoms with Gasteiger partial charge in [-0.15, -0.1) is 24.0 Å². The molecule has 1 fully saturated rings. The van der Waals surface area contributed by atoms with E-state index in [2.05, 4.69) is 22.1 Å². The van der Waals surface area contributed by atoms with E-state index >= 15 is 0 Å². The maximum atomic E-state index is 6.02. The van der Waals surface area contributed by atoms with Crippen LogP contribution in [0.2, 0.25) is 0 Å². The van der Waals surface area contributed by atoms with Gasteiger partial charge in [-0.1, -0.05) is 35.9 Å². The molecule has 0 saturated carbocycles. The number of halogens is 1. The number of benzene rings is 2. The molecule has 0 amide bonds. The van der Waals surface area contributed by atoms with Gasteiger partial charge in [-0.05, 0) is 25.1 Å². The number of morpholine rings is 1. The van der Waals surface area contributed by atoms with Crippen LogP contribution in [0.3, 0.4) is 0 Å². The maximum Gasteiger partial charge on any atom is 0.193 e. The molecule has 0 radical (unpaired) electrons. The topological polar surface area (TPSA) is 72.1 Å². The minimum absolute atomic E-state index is 0. The molecule has 3 rings (SSSR count). The quantitative estimate of drug-likeness (QED) is 0.350. The van der Waals surface area contributed by atoms with E-state index in [4.69, 9.17) is 15.2 Å². The lowest BCUT2D eigenvalue weighted by atomic mass is 10.2. The number of ether oxygens (including phenoxy) is 2. The maximum absolute atomic E-state index is 6.02. The first-order valence-electron chi connectivity index (χ1n) is 9.35. The van der Waals surface area contributed by atoms with Gasteiger partial charge >= 0.3 is 0 Å². The average Bonchev–Trinajstić information content (AvgIpc) is 2.70. The van der Waals surface area contributed by atoms with Crippen LogP contribution in [0, 0.1) is 6.92 Å². The molecule has 1 aliphatic rings. The minimum Gasteiger partial charge on any atom is -0.492 e. The molecule has 3 N–H and O–H groups in total. The second-order valence-corrected chi connectivity index (χ2v) is 6.60. The van der Waals surface area contributed by atoms with Gasteiger partial charge in [0.05, 0.1) is 19.8 Å². The second-order valence-electron chi connectivity index (χ2n) is 6.60. The van der Waals surface area contributed by atoms with Crippen molar-refractivity contribution in [1.82, 2.24) is 4.90 Å². The Labute approximate surface area is 184 Å². The van der Waals surface area contributed by atoms with Gasteiger partial charge in [0.15, 0.2) is 5.96 Å². The fourth-order valence-corrected chi connectivity index (χ4v) is 2.88. The Morgan fingerprint density at radius 1 is 1.14 bits per heavy atom. The van der Waals surface area contributed by atoms with Crippen molar-refractivity contribution in [3.63, 3.8) is 0 Å². The van der Waals surface area contributed by atoms with Gasteiger partial charge in [-0.3, -0.25) is 4.90 Å². The Morgan fingerprint density at radius 3 is 2.61 bits per heavy atom. The van der Waals surface area contributed by atoms with Gasteiger partial charge in [-0.2, -0.15) is 0 Å². The second kappa shape index (κ2) is 11.9. The van der Waals surface area contributed by atoms with Gasteiger partial charge in [0.1, 0.15) is 12.4 Å². The Bertz CT molecular complexity index is 746. The molecule has 0 aliphatic carbocycles. The third-order valence-corrected chi connectivity index (χ3v) is 4.49. The lowest BCUT2D eigenvalue weighted by Gasteiger charge is -2.26. The highest BCUT2D eigenvalue weighted by Gasteiger charge is 2.10. The number of nitrogens with two attached hydrogens (primary N) is 1. The molecule has 2 aromatic rings. The van der Waals surface area contributed by atoms with Gasteiger partial charge < -0.3 is 20.5 Å². The lowest BCUT2D eigenvalue weighted by Crippen LogP contribution is -2.38. The number of rotatable bonds is 7. The molecular weight excluding hydrogens is 467 g/mol. The summed E-state index contributed by atoms with van der Waals surface area (Å²) in [5.41, 5.74) is 9.18. The molecule has 6 nitrogen and oxygen atoms in total. The Balaban J connectivity index is 0.00000280. The van der Waals surface area contributed by atoms with Gasteiger partial charge in [-0.25, -0.2) is 4.99 Å². The van der Waals surface area contributed by atoms with Crippen molar-refractivity contribution in [3.05, 3.63) is 59.7 Å². The summed E-state index contributed by atoms with van der Waals surface area (Å²) in [6.45, 7) is 7.62. The largest absolute Gasteiger partial charge is 0.492 e. The molecule has 0 aromatic heterocycles. The van der Waals surface area contributed by atoms with Crippen molar-refractivity contribution in [1.29, 1.82) is 0 Å². The normalized spacial score (nSPS) is 15.0. The summed E-state index contributed by atoms with van der Waals surface area (Å²) in [6, 6.07) is 16.0. The molecule has 1 heterocycles. The molecule has 0 bridgehead atoms. The molecule has 0 unspecified atom stereocenters. The van der Waals surface area contributed by atoms with Crippen LogP contribution in [0.4, 0.5) is 5.69 Å². The van der Waals surface area contributed by atoms with Gasteiger partial charge in [0, 0.05) is 30.9 Å². The number of anilines is 1. The SMILES string of the molecule is Cc1ccc(NC(N)=NCc2ccccc2OCCN2CCOCC2)cc1.I. The predicted molar refractivity (Wildman–Crippen MR) is 125 cm³/mol. The van der Waals surface area contributed by atoms with Gasteiger partial charge in [0.25, 0.3) is 0 Å². The van der Waals surface area contributed by atoms with Crippen LogP contribution in [0.25, 0.3) is 0 Å². The Morgan fingerprint density at radius 2 is 1.86 bits per heavy atom. The number of hydrogen-bond donors (Lipinski definition) is 2. The third kappa shape index (κ3) is 7.29. The first kappa shape index (κ1) is 22.4. The number of nitrogens with zero attached hydrogens (tertiary/aromatic N) is 2. The van der Waals surface area contributed by atoms with E-state index in [9.17, 15) is 0 Å². The summed E-state index contributed by atoms with van der Waals surface area (Å²) in [7, 11) is 0. The molecule has 7 heteroatoms. The van der Waals surface area contributed by atoms with Crippen molar-refractivity contribution in [2.24, 2.45) is 10.7 Å². The summed E-state index contributed by atoms with van der Waals surface area (Å²) < 4.78 is 11.4. The zero-order chi connectivity index (χ0) is 18.9. The van der Waals surface area contributed by atoms with E-state index in [0.29, 0.717) is 19.1 Å². The highest BCUT2D eigenvalue weighted by molar-refractivity contribution is 14.0. The number of aryl methyl sites for hydroxylation is 1. The van der Waals surface area contributed by atoms with E-state index in [1.807, 2.05) is 48.5 Å². The Kier molecular flexibility index (Phi) is 9.52. The number of nitrogens with one attached hydrogen (secondary N) is 1. The first-order chi connectivity index (χ1) is 13.2. The standard InChI is InChI=1S/C21H28N4O2.HI/c1-17-6-8-19(9-7-17)24-21(22)23-16-18-4-2-3-5-20(18)27-15-12-25-10-13-26-14-11-25;/h2-9H,10-16H2,1H3,(H3,22,23,24);1H. The number of para-hydroxylation sites is 1. The first-order valence-corrected chi connectivity index (χ1v) is 9.35. The molecule has 2 aromatic carbocycles. The third-order valence-electron chi connectivity index (χ3n) is 4.49. The highest BCUT2D eigenvalue weighted by atomic mass is 127. The Hall–Kier alpha value is -1.84. The summed E-state index contributed by atoms with van der Waals surface area (Å²) in [4.78, 5) is 6.80. The van der Waals surface area contributed by atoms with Gasteiger partial charge in [0.2, 0.25) is 0 Å². The zero-order valence-electron chi connectivity index (χ0n) is 16.3. The van der Waals surface area contributed by atoms with E-state index in [1.54, 1.807) is 0 Å². The average molecular weight is 496 g/mol. The van der Waals surface area contributed by atoms with Crippen LogP contribution in [0.15, 0.2) is 53.5 Å². The summed E-state index contributed by atoms with van der Waals surface area (Å²) >= 11 is 0. The number of guanidine groups is 1. The smallest absolute Gasteiger partial charge is 0.193 e. The number of aliphatic imine (C=N–C) groups is 1. The molecule has 0 atom stereocenters. The lowest BCUT2D eigenvalue weighted by molar-refractivity contribution is 0.0322. The fourth-order valence-electron chi connectivity index (χ4n) is 2.88. The minimum atomic E-state index is 0. The van der Waals surface area contributed by atoms with Crippen molar-refractivity contribution < 1.29 is 9.47 Å². The van der Waals surface area contributed by atoms with E-state index in [0.717, 1.165) is 49.8 Å². The summed E-state index contributed by atoms with van der Waals surface area (Å²) in [5.74, 6) is 1.25. The van der Waals surface area contributed by atoms with Crippen LogP contribution in [-0.4, -0.2) is 50.3 Å². The van der Waals surface area contributed by atoms with E-state index in [1.165, 1.54) is 5.56 Å². The van der Waals surface area contributed by atoms with Crippen LogP contribution in [0.5, 0.6) is 5.75 Å². The van der Waals surface area contributed by atoms with Crippen molar-refractivity contribution >= 4 is 35.6 Å². The molecule has 28 heavy (non-hydrogen) atoms. The number of hydrogen-bond acceptors (Lipinski definition) is 4. The fraction of sp³-hybridized carbons (Fsp3) is 0.381. The molecule has 1 saturated heterocycles. The molecule has 152 valence electrons. The molecule has 0 spiro atoms. The molecular formula is C21H29IN4O2. The van der Waals surface area contributed by atoms with Crippen molar-refractivity contribution in [3.8, 4) is 5.75 Å². The van der Waals surface area contributed by atoms with Crippen molar-refractivity contribution in [2.75, 3.05) is 44.8 Å². The zero-order valence-corrected chi connectivity index (χ0v) is 18.6. The van der Waals surface area contributed by atoms with E-state index < -0.39 is 0 Å². The predicted octanol–water partition coefficient (Wildman–Crippen LogP) is 3.25. The van der Waals surface area contributed by atoms with Crippen LogP contribution in [0.1, 0.15) is 11.1 Å². The van der Waals surface area contributed by atoms with Crippen LogP contribution >= 0.6 is 24.0 Å². The molecule has 1 aliphatic heterocycles. The highest BCUT2D eigenvalue weighted by Crippen LogP contribution is 2.19. The van der Waals surface area contributed by atoms with Crippen LogP contribution < -0.4 is 15.8 Å². The van der Waals surface area contributed by atoms with Crippen molar-refractivity contribution in [2.45, 2.75) is 13.5 Å². The van der Waals surface area contributed by atoms with E-state index in [-0.39, 0.29) is 24.0 Å². The summed E-state index contributed by atoms with van der Waals surface area (Å²) in [6.07, 6.45) is 0. The van der Waals surface area contributed by atoms with Crippen LogP contribution in [-0.2, 0) is 11.3 Å². The monoisotopic (exact) mass is 496 g/mol. The summed E-state index contributed by atoms with van der Waals surface area (Å²) in [5, 5.41) is 3.11.